The fraction of sp³-hybridized carbons (Fsp3) is 0.500. The Morgan fingerprint density at radius 3 is 2.75 bits per heavy atom. The lowest BCUT2D eigenvalue weighted by atomic mass is 9.88. The first kappa shape index (κ1) is 9.88. The normalized spacial score (nSPS) is 24.1. The molecule has 0 spiro atoms. The topological polar surface area (TPSA) is 29.1 Å². The van der Waals surface area contributed by atoms with Crippen LogP contribution in [0.5, 0.6) is 0 Å². The molecule has 1 unspecified atom stereocenters. The third kappa shape index (κ3) is 1.53. The van der Waals surface area contributed by atoms with Gasteiger partial charge >= 0.3 is 0 Å². The first-order valence-corrected chi connectivity index (χ1v) is 6.23. The maximum Gasteiger partial charge on any atom is 0.145 e. The summed E-state index contributed by atoms with van der Waals surface area (Å²) in [4.78, 5) is 12.4. The van der Waals surface area contributed by atoms with Crippen LogP contribution < -0.4 is 5.32 Å². The number of carbonyl (C=O) groups is 1. The van der Waals surface area contributed by atoms with Crippen molar-refractivity contribution in [2.45, 2.75) is 31.6 Å². The first-order chi connectivity index (χ1) is 7.86. The smallest absolute Gasteiger partial charge is 0.145 e. The fourth-order valence-electron chi connectivity index (χ4n) is 3.03. The number of ketones is 1. The van der Waals surface area contributed by atoms with Crippen molar-refractivity contribution < 1.29 is 4.79 Å². The van der Waals surface area contributed by atoms with Crippen LogP contribution in [0.25, 0.3) is 0 Å². The van der Waals surface area contributed by atoms with Crippen molar-refractivity contribution in [1.82, 2.24) is 0 Å². The Morgan fingerprint density at radius 1 is 1.19 bits per heavy atom. The number of anilines is 1. The van der Waals surface area contributed by atoms with Gasteiger partial charge in [-0.2, -0.15) is 0 Å². The van der Waals surface area contributed by atoms with Crippen LogP contribution in [-0.4, -0.2) is 12.3 Å². The van der Waals surface area contributed by atoms with Gasteiger partial charge in [-0.1, -0.05) is 31.0 Å². The lowest BCUT2D eigenvalue weighted by Gasteiger charge is -2.14. The van der Waals surface area contributed by atoms with Gasteiger partial charge in [0, 0.05) is 18.2 Å². The van der Waals surface area contributed by atoms with Crippen LogP contribution in [0, 0.1) is 5.92 Å². The zero-order valence-electron chi connectivity index (χ0n) is 9.41. The number of hydrogen-bond acceptors (Lipinski definition) is 2. The average Bonchev–Trinajstić information content (AvgIpc) is 2.98. The quantitative estimate of drug-likeness (QED) is 0.821. The number of para-hydroxylation sites is 1. The second-order valence-electron chi connectivity index (χ2n) is 4.90. The van der Waals surface area contributed by atoms with E-state index in [0.717, 1.165) is 25.1 Å². The van der Waals surface area contributed by atoms with Gasteiger partial charge in [0.05, 0.1) is 5.92 Å². The van der Waals surface area contributed by atoms with Crippen LogP contribution in [0.1, 0.15) is 37.2 Å². The van der Waals surface area contributed by atoms with Crippen LogP contribution in [0.15, 0.2) is 24.3 Å². The summed E-state index contributed by atoms with van der Waals surface area (Å²) in [5, 5.41) is 3.33. The number of nitrogens with one attached hydrogen (secondary N) is 1. The lowest BCUT2D eigenvalue weighted by Crippen LogP contribution is -2.21. The molecule has 1 N–H and O–H groups in total. The van der Waals surface area contributed by atoms with Crippen molar-refractivity contribution in [3.05, 3.63) is 29.8 Å². The van der Waals surface area contributed by atoms with Gasteiger partial charge in [-0.05, 0) is 24.5 Å². The molecule has 2 heteroatoms. The van der Waals surface area contributed by atoms with E-state index in [1.54, 1.807) is 0 Å². The minimum absolute atomic E-state index is 0.110. The monoisotopic (exact) mass is 215 g/mol. The fourth-order valence-corrected chi connectivity index (χ4v) is 3.03. The Morgan fingerprint density at radius 2 is 1.94 bits per heavy atom. The molecule has 16 heavy (non-hydrogen) atoms. The molecule has 1 aromatic carbocycles. The van der Waals surface area contributed by atoms with Gasteiger partial charge in [0.1, 0.15) is 5.78 Å². The standard InChI is InChI=1S/C14H17NO/c16-14(10-5-1-2-6-10)12-9-15-13-8-4-3-7-11(12)13/h3-4,7-8,10,12,15H,1-2,5-6,9H2. The highest BCUT2D eigenvalue weighted by Crippen LogP contribution is 2.37. The van der Waals surface area contributed by atoms with Gasteiger partial charge in [0.25, 0.3) is 0 Å². The molecule has 1 saturated carbocycles. The molecule has 0 saturated heterocycles. The molecule has 84 valence electrons. The highest BCUT2D eigenvalue weighted by Gasteiger charge is 2.33. The molecule has 1 aromatic rings. The summed E-state index contributed by atoms with van der Waals surface area (Å²) in [7, 11) is 0. The number of fused-ring (bicyclic) bond motifs is 1. The average molecular weight is 215 g/mol. The molecule has 1 atom stereocenters. The van der Waals surface area contributed by atoms with E-state index >= 15 is 0 Å². The molecule has 1 heterocycles. The molecular weight excluding hydrogens is 198 g/mol. The van der Waals surface area contributed by atoms with Crippen molar-refractivity contribution >= 4 is 11.5 Å². The van der Waals surface area contributed by atoms with E-state index in [-0.39, 0.29) is 5.92 Å². The Hall–Kier alpha value is -1.31. The molecule has 3 rings (SSSR count). The molecule has 0 radical (unpaired) electrons. The second kappa shape index (κ2) is 3.93. The number of carbonyl (C=O) groups excluding carboxylic acids is 1. The molecule has 1 aliphatic heterocycles. The maximum atomic E-state index is 12.4. The molecule has 1 fully saturated rings. The Balaban J connectivity index is 1.84. The van der Waals surface area contributed by atoms with E-state index in [0.29, 0.717) is 11.7 Å². The summed E-state index contributed by atoms with van der Waals surface area (Å²) in [5.41, 5.74) is 2.36. The van der Waals surface area contributed by atoms with E-state index in [1.165, 1.54) is 18.4 Å². The Labute approximate surface area is 96.1 Å². The van der Waals surface area contributed by atoms with E-state index in [2.05, 4.69) is 17.4 Å². The molecule has 2 aliphatic rings. The van der Waals surface area contributed by atoms with Crippen LogP contribution in [0.2, 0.25) is 0 Å². The van der Waals surface area contributed by atoms with Crippen LogP contribution in [0.3, 0.4) is 0 Å². The van der Waals surface area contributed by atoms with Crippen molar-refractivity contribution in [2.75, 3.05) is 11.9 Å². The van der Waals surface area contributed by atoms with Crippen LogP contribution in [-0.2, 0) is 4.79 Å². The summed E-state index contributed by atoms with van der Waals surface area (Å²) in [6.07, 6.45) is 4.69. The number of benzene rings is 1. The number of hydrogen-bond donors (Lipinski definition) is 1. The van der Waals surface area contributed by atoms with Gasteiger partial charge < -0.3 is 5.32 Å². The van der Waals surface area contributed by atoms with Crippen molar-refractivity contribution in [1.29, 1.82) is 0 Å². The minimum atomic E-state index is 0.110. The maximum absolute atomic E-state index is 12.4. The number of rotatable bonds is 2. The predicted octanol–water partition coefficient (Wildman–Crippen LogP) is 2.96. The van der Waals surface area contributed by atoms with Crippen LogP contribution >= 0.6 is 0 Å². The summed E-state index contributed by atoms with van der Waals surface area (Å²) < 4.78 is 0. The Kier molecular flexibility index (Phi) is 2.43. The van der Waals surface area contributed by atoms with Crippen LogP contribution in [0.4, 0.5) is 5.69 Å². The third-order valence-corrected chi connectivity index (χ3v) is 3.93. The predicted molar refractivity (Wildman–Crippen MR) is 64.6 cm³/mol. The third-order valence-electron chi connectivity index (χ3n) is 3.93. The molecule has 0 aromatic heterocycles. The first-order valence-electron chi connectivity index (χ1n) is 6.23. The number of Topliss-reactive ketones (excluding diaryl/α,β-unsaturated/α-hetero) is 1. The highest BCUT2D eigenvalue weighted by molar-refractivity contribution is 5.91. The largest absolute Gasteiger partial charge is 0.384 e. The zero-order chi connectivity index (χ0) is 11.0. The summed E-state index contributed by atoms with van der Waals surface area (Å²) in [6.45, 7) is 0.800. The van der Waals surface area contributed by atoms with E-state index < -0.39 is 0 Å². The lowest BCUT2D eigenvalue weighted by molar-refractivity contribution is -0.123. The molecule has 2 nitrogen and oxygen atoms in total. The van der Waals surface area contributed by atoms with Crippen molar-refractivity contribution in [3.63, 3.8) is 0 Å². The van der Waals surface area contributed by atoms with Crippen molar-refractivity contribution in [3.8, 4) is 0 Å². The SMILES string of the molecule is O=C(C1CCCC1)C1CNc2ccccc21. The van der Waals surface area contributed by atoms with E-state index in [1.807, 2.05) is 12.1 Å². The van der Waals surface area contributed by atoms with Gasteiger partial charge in [-0.3, -0.25) is 4.79 Å². The second-order valence-corrected chi connectivity index (χ2v) is 4.90. The van der Waals surface area contributed by atoms with Gasteiger partial charge in [0.2, 0.25) is 0 Å². The van der Waals surface area contributed by atoms with E-state index in [9.17, 15) is 4.79 Å². The summed E-state index contributed by atoms with van der Waals surface area (Å²) in [5.74, 6) is 0.909. The molecule has 1 aliphatic carbocycles. The summed E-state index contributed by atoms with van der Waals surface area (Å²) >= 11 is 0. The molecule has 0 bridgehead atoms. The van der Waals surface area contributed by atoms with Gasteiger partial charge in [-0.15, -0.1) is 0 Å². The zero-order valence-corrected chi connectivity index (χ0v) is 9.41. The molecular formula is C14H17NO. The van der Waals surface area contributed by atoms with Crippen molar-refractivity contribution in [2.24, 2.45) is 5.92 Å². The summed E-state index contributed by atoms with van der Waals surface area (Å²) in [6, 6.07) is 8.21. The van der Waals surface area contributed by atoms with Gasteiger partial charge in [-0.25, -0.2) is 0 Å². The highest BCUT2D eigenvalue weighted by atomic mass is 16.1. The Bertz CT molecular complexity index is 407. The molecule has 0 amide bonds. The minimum Gasteiger partial charge on any atom is -0.384 e. The van der Waals surface area contributed by atoms with Gasteiger partial charge in [0.15, 0.2) is 0 Å². The van der Waals surface area contributed by atoms with E-state index in [4.69, 9.17) is 0 Å².